The van der Waals surface area contributed by atoms with E-state index in [4.69, 9.17) is 4.74 Å². The quantitative estimate of drug-likeness (QED) is 0.862. The Kier molecular flexibility index (Phi) is 4.87. The van der Waals surface area contributed by atoms with Crippen LogP contribution in [0.5, 0.6) is 5.75 Å². The standard InChI is InChI=1S/C17H27NO/c1-5-13-6-7-14(11-13)17(18-3)16-9-8-15(19-4)10-12(16)2/h8-10,13-14,17-18H,5-7,11H2,1-4H3. The zero-order valence-electron chi connectivity index (χ0n) is 12.7. The number of rotatable bonds is 5. The van der Waals surface area contributed by atoms with E-state index in [1.54, 1.807) is 7.11 Å². The summed E-state index contributed by atoms with van der Waals surface area (Å²) >= 11 is 0. The lowest BCUT2D eigenvalue weighted by molar-refractivity contribution is 0.370. The Morgan fingerprint density at radius 1 is 1.37 bits per heavy atom. The molecule has 0 aliphatic heterocycles. The zero-order valence-corrected chi connectivity index (χ0v) is 12.7. The molecule has 2 rings (SSSR count). The van der Waals surface area contributed by atoms with Crippen LogP contribution in [-0.4, -0.2) is 14.2 Å². The molecule has 2 nitrogen and oxygen atoms in total. The molecule has 1 aromatic rings. The smallest absolute Gasteiger partial charge is 0.119 e. The maximum atomic E-state index is 5.30. The summed E-state index contributed by atoms with van der Waals surface area (Å²) in [6.07, 6.45) is 5.45. The maximum absolute atomic E-state index is 5.30. The monoisotopic (exact) mass is 261 g/mol. The van der Waals surface area contributed by atoms with E-state index in [9.17, 15) is 0 Å². The first-order valence-electron chi connectivity index (χ1n) is 7.51. The molecule has 1 N–H and O–H groups in total. The topological polar surface area (TPSA) is 21.3 Å². The third-order valence-electron chi connectivity index (χ3n) is 4.75. The van der Waals surface area contributed by atoms with Gasteiger partial charge in [0, 0.05) is 6.04 Å². The van der Waals surface area contributed by atoms with E-state index in [0.29, 0.717) is 6.04 Å². The van der Waals surface area contributed by atoms with Gasteiger partial charge in [-0.1, -0.05) is 25.8 Å². The van der Waals surface area contributed by atoms with Crippen molar-refractivity contribution in [2.45, 2.75) is 45.6 Å². The second kappa shape index (κ2) is 6.42. The summed E-state index contributed by atoms with van der Waals surface area (Å²) in [4.78, 5) is 0. The van der Waals surface area contributed by atoms with Gasteiger partial charge in [0.25, 0.3) is 0 Å². The molecule has 106 valence electrons. The molecule has 1 aliphatic carbocycles. The molecule has 1 aliphatic rings. The predicted molar refractivity (Wildman–Crippen MR) is 80.7 cm³/mol. The van der Waals surface area contributed by atoms with Crippen LogP contribution in [0.15, 0.2) is 18.2 Å². The molecule has 0 amide bonds. The fourth-order valence-corrected chi connectivity index (χ4v) is 3.56. The Hall–Kier alpha value is -1.02. The average molecular weight is 261 g/mol. The third-order valence-corrected chi connectivity index (χ3v) is 4.75. The lowest BCUT2D eigenvalue weighted by Gasteiger charge is -2.25. The number of ether oxygens (including phenoxy) is 1. The van der Waals surface area contributed by atoms with Crippen molar-refractivity contribution in [3.63, 3.8) is 0 Å². The van der Waals surface area contributed by atoms with Crippen LogP contribution in [0.1, 0.15) is 49.8 Å². The predicted octanol–water partition coefficient (Wildman–Crippen LogP) is 4.09. The van der Waals surface area contributed by atoms with E-state index in [-0.39, 0.29) is 0 Å². The Labute approximate surface area is 117 Å². The second-order valence-electron chi connectivity index (χ2n) is 5.84. The number of benzene rings is 1. The SMILES string of the molecule is CCC1CCC(C(NC)c2ccc(OC)cc2C)C1. The molecular formula is C17H27NO. The van der Waals surface area contributed by atoms with Crippen LogP contribution in [0.4, 0.5) is 0 Å². The molecule has 0 saturated heterocycles. The fraction of sp³-hybridized carbons (Fsp3) is 0.647. The highest BCUT2D eigenvalue weighted by Gasteiger charge is 2.30. The van der Waals surface area contributed by atoms with E-state index >= 15 is 0 Å². The summed E-state index contributed by atoms with van der Waals surface area (Å²) in [5, 5.41) is 3.54. The highest BCUT2D eigenvalue weighted by molar-refractivity contribution is 5.37. The molecule has 3 atom stereocenters. The van der Waals surface area contributed by atoms with Crippen molar-refractivity contribution in [1.82, 2.24) is 5.32 Å². The molecule has 0 spiro atoms. The van der Waals surface area contributed by atoms with E-state index in [2.05, 4.69) is 44.4 Å². The fourth-order valence-electron chi connectivity index (χ4n) is 3.56. The van der Waals surface area contributed by atoms with Crippen molar-refractivity contribution < 1.29 is 4.74 Å². The normalized spacial score (nSPS) is 24.4. The van der Waals surface area contributed by atoms with Crippen LogP contribution >= 0.6 is 0 Å². The Bertz CT molecular complexity index is 416. The van der Waals surface area contributed by atoms with Gasteiger partial charge in [0.15, 0.2) is 0 Å². The number of methoxy groups -OCH3 is 1. The molecule has 1 aromatic carbocycles. The number of hydrogen-bond acceptors (Lipinski definition) is 2. The van der Waals surface area contributed by atoms with E-state index in [0.717, 1.165) is 17.6 Å². The van der Waals surface area contributed by atoms with Gasteiger partial charge in [-0.05, 0) is 61.9 Å². The molecule has 2 heteroatoms. The Balaban J connectivity index is 2.18. The number of nitrogens with one attached hydrogen (secondary N) is 1. The first kappa shape index (κ1) is 14.4. The molecule has 1 fully saturated rings. The Morgan fingerprint density at radius 3 is 2.68 bits per heavy atom. The van der Waals surface area contributed by atoms with E-state index in [1.807, 2.05) is 0 Å². The molecule has 0 bridgehead atoms. The third kappa shape index (κ3) is 3.11. The maximum Gasteiger partial charge on any atom is 0.119 e. The molecule has 0 heterocycles. The van der Waals surface area contributed by atoms with Crippen LogP contribution < -0.4 is 10.1 Å². The van der Waals surface area contributed by atoms with Crippen molar-refractivity contribution in [2.24, 2.45) is 11.8 Å². The highest BCUT2D eigenvalue weighted by Crippen LogP contribution is 2.41. The summed E-state index contributed by atoms with van der Waals surface area (Å²) in [6.45, 7) is 4.51. The van der Waals surface area contributed by atoms with Gasteiger partial charge < -0.3 is 10.1 Å². The van der Waals surface area contributed by atoms with Crippen LogP contribution in [0.2, 0.25) is 0 Å². The van der Waals surface area contributed by atoms with Gasteiger partial charge in [0.1, 0.15) is 5.75 Å². The van der Waals surface area contributed by atoms with Crippen molar-refractivity contribution in [3.05, 3.63) is 29.3 Å². The highest BCUT2D eigenvalue weighted by atomic mass is 16.5. The molecule has 0 radical (unpaired) electrons. The number of aryl methyl sites for hydroxylation is 1. The minimum absolute atomic E-state index is 0.488. The van der Waals surface area contributed by atoms with Crippen molar-refractivity contribution in [3.8, 4) is 5.75 Å². The first-order chi connectivity index (χ1) is 9.19. The summed E-state index contributed by atoms with van der Waals surface area (Å²) in [5.74, 6) is 2.66. The van der Waals surface area contributed by atoms with Gasteiger partial charge in [-0.2, -0.15) is 0 Å². The summed E-state index contributed by atoms with van der Waals surface area (Å²) < 4.78 is 5.30. The van der Waals surface area contributed by atoms with E-state index < -0.39 is 0 Å². The van der Waals surface area contributed by atoms with Gasteiger partial charge in [-0.15, -0.1) is 0 Å². The van der Waals surface area contributed by atoms with Gasteiger partial charge in [0.05, 0.1) is 7.11 Å². The summed E-state index contributed by atoms with van der Waals surface area (Å²) in [7, 11) is 3.82. The largest absolute Gasteiger partial charge is 0.497 e. The van der Waals surface area contributed by atoms with Gasteiger partial charge in [-0.3, -0.25) is 0 Å². The number of hydrogen-bond donors (Lipinski definition) is 1. The first-order valence-corrected chi connectivity index (χ1v) is 7.51. The second-order valence-corrected chi connectivity index (χ2v) is 5.84. The summed E-state index contributed by atoms with van der Waals surface area (Å²) in [6, 6.07) is 6.95. The van der Waals surface area contributed by atoms with Crippen molar-refractivity contribution >= 4 is 0 Å². The zero-order chi connectivity index (χ0) is 13.8. The van der Waals surface area contributed by atoms with Crippen LogP contribution in [0.3, 0.4) is 0 Å². The van der Waals surface area contributed by atoms with Crippen molar-refractivity contribution in [2.75, 3.05) is 14.2 Å². The van der Waals surface area contributed by atoms with Gasteiger partial charge in [0.2, 0.25) is 0 Å². The van der Waals surface area contributed by atoms with Crippen LogP contribution in [-0.2, 0) is 0 Å². The Morgan fingerprint density at radius 2 is 2.16 bits per heavy atom. The minimum atomic E-state index is 0.488. The molecule has 0 aromatic heterocycles. The minimum Gasteiger partial charge on any atom is -0.497 e. The summed E-state index contributed by atoms with van der Waals surface area (Å²) in [5.41, 5.74) is 2.77. The van der Waals surface area contributed by atoms with Gasteiger partial charge in [-0.25, -0.2) is 0 Å². The van der Waals surface area contributed by atoms with Crippen molar-refractivity contribution in [1.29, 1.82) is 0 Å². The average Bonchev–Trinajstić information content (AvgIpc) is 2.90. The molecular weight excluding hydrogens is 234 g/mol. The lowest BCUT2D eigenvalue weighted by Crippen LogP contribution is -2.24. The van der Waals surface area contributed by atoms with Gasteiger partial charge >= 0.3 is 0 Å². The van der Waals surface area contributed by atoms with E-state index in [1.165, 1.54) is 36.8 Å². The molecule has 1 saturated carbocycles. The van der Waals surface area contributed by atoms with Crippen LogP contribution in [0.25, 0.3) is 0 Å². The molecule has 19 heavy (non-hydrogen) atoms. The van der Waals surface area contributed by atoms with Crippen LogP contribution in [0, 0.1) is 18.8 Å². The lowest BCUT2D eigenvalue weighted by atomic mass is 9.88. The molecule has 3 unspecified atom stereocenters.